The van der Waals surface area contributed by atoms with Gasteiger partial charge >= 0.3 is 0 Å². The molecule has 0 spiro atoms. The van der Waals surface area contributed by atoms with Crippen molar-refractivity contribution < 1.29 is 14.3 Å². The Kier molecular flexibility index (Phi) is 5.74. The number of rotatable bonds is 6. The van der Waals surface area contributed by atoms with Gasteiger partial charge in [0.25, 0.3) is 5.91 Å². The fraction of sp³-hybridized carbons (Fsp3) is 0.273. The third-order valence-corrected chi connectivity index (χ3v) is 5.06. The maximum Gasteiger partial charge on any atom is 0.251 e. The summed E-state index contributed by atoms with van der Waals surface area (Å²) < 4.78 is 5.15. The van der Waals surface area contributed by atoms with Gasteiger partial charge in [-0.15, -0.1) is 0 Å². The average molecular weight is 405 g/mol. The van der Waals surface area contributed by atoms with Gasteiger partial charge in [0.15, 0.2) is 5.82 Å². The molecule has 2 amide bonds. The van der Waals surface area contributed by atoms with Crippen LogP contribution in [-0.2, 0) is 11.3 Å². The molecule has 1 saturated heterocycles. The standard InChI is InChI=1S/C22H23N5O3/c1-30-18-11-7-15(8-12-18)21-24-19(25-26-21)14-23-22(29)16-5-9-17(10-6-16)27-13-3-2-4-20(27)28/h5-12H,2-4,13-14H2,1H3,(H,23,29)(H,24,25,26). The quantitative estimate of drug-likeness (QED) is 0.657. The van der Waals surface area contributed by atoms with Crippen molar-refractivity contribution in [1.29, 1.82) is 0 Å². The monoisotopic (exact) mass is 405 g/mol. The van der Waals surface area contributed by atoms with E-state index >= 15 is 0 Å². The van der Waals surface area contributed by atoms with Crippen LogP contribution in [0.3, 0.4) is 0 Å². The van der Waals surface area contributed by atoms with Crippen LogP contribution in [0.2, 0.25) is 0 Å². The molecule has 8 heteroatoms. The summed E-state index contributed by atoms with van der Waals surface area (Å²) in [5, 5.41) is 9.88. The zero-order valence-corrected chi connectivity index (χ0v) is 16.7. The number of H-pyrrole nitrogens is 1. The number of methoxy groups -OCH3 is 1. The van der Waals surface area contributed by atoms with Crippen molar-refractivity contribution in [2.45, 2.75) is 25.8 Å². The van der Waals surface area contributed by atoms with Gasteiger partial charge in [-0.3, -0.25) is 14.7 Å². The van der Waals surface area contributed by atoms with E-state index in [2.05, 4.69) is 20.5 Å². The molecule has 0 aliphatic carbocycles. The fourth-order valence-electron chi connectivity index (χ4n) is 3.38. The Morgan fingerprint density at radius 2 is 1.90 bits per heavy atom. The Bertz CT molecular complexity index is 1030. The lowest BCUT2D eigenvalue weighted by Gasteiger charge is -2.26. The average Bonchev–Trinajstić information content (AvgIpc) is 3.27. The van der Waals surface area contributed by atoms with Crippen LogP contribution in [0.25, 0.3) is 11.4 Å². The van der Waals surface area contributed by atoms with Crippen molar-refractivity contribution in [2.75, 3.05) is 18.6 Å². The van der Waals surface area contributed by atoms with Crippen molar-refractivity contribution >= 4 is 17.5 Å². The van der Waals surface area contributed by atoms with Gasteiger partial charge < -0.3 is 15.0 Å². The first-order valence-electron chi connectivity index (χ1n) is 9.88. The molecule has 8 nitrogen and oxygen atoms in total. The summed E-state index contributed by atoms with van der Waals surface area (Å²) in [5.74, 6) is 1.80. The number of carbonyl (C=O) groups excluding carboxylic acids is 2. The van der Waals surface area contributed by atoms with Gasteiger partial charge in [-0.05, 0) is 61.4 Å². The van der Waals surface area contributed by atoms with E-state index in [0.717, 1.165) is 36.4 Å². The summed E-state index contributed by atoms with van der Waals surface area (Å²) in [6.45, 7) is 0.959. The number of piperidine rings is 1. The van der Waals surface area contributed by atoms with E-state index in [1.807, 2.05) is 36.4 Å². The minimum atomic E-state index is -0.214. The molecule has 2 heterocycles. The van der Waals surface area contributed by atoms with Crippen LogP contribution in [-0.4, -0.2) is 40.7 Å². The van der Waals surface area contributed by atoms with Crippen molar-refractivity contribution in [3.05, 3.63) is 59.9 Å². The third-order valence-electron chi connectivity index (χ3n) is 5.06. The summed E-state index contributed by atoms with van der Waals surface area (Å²) in [6, 6.07) is 14.5. The predicted molar refractivity (Wildman–Crippen MR) is 112 cm³/mol. The molecule has 1 fully saturated rings. The molecule has 1 aliphatic heterocycles. The number of nitrogens with one attached hydrogen (secondary N) is 2. The van der Waals surface area contributed by atoms with Gasteiger partial charge in [0.2, 0.25) is 5.91 Å². The lowest BCUT2D eigenvalue weighted by Crippen LogP contribution is -2.35. The molecule has 154 valence electrons. The highest BCUT2D eigenvalue weighted by molar-refractivity contribution is 5.96. The van der Waals surface area contributed by atoms with Crippen LogP contribution in [0.1, 0.15) is 35.4 Å². The van der Waals surface area contributed by atoms with Crippen LogP contribution < -0.4 is 15.0 Å². The molecule has 4 rings (SSSR count). The molecule has 1 aromatic heterocycles. The van der Waals surface area contributed by atoms with Crippen LogP contribution >= 0.6 is 0 Å². The van der Waals surface area contributed by atoms with E-state index < -0.39 is 0 Å². The van der Waals surface area contributed by atoms with Crippen molar-refractivity contribution in [3.63, 3.8) is 0 Å². The van der Waals surface area contributed by atoms with E-state index in [1.165, 1.54) is 0 Å². The number of nitrogens with zero attached hydrogens (tertiary/aromatic N) is 3. The maximum absolute atomic E-state index is 12.4. The molecular formula is C22H23N5O3. The van der Waals surface area contributed by atoms with E-state index in [9.17, 15) is 9.59 Å². The normalized spacial score (nSPS) is 13.9. The van der Waals surface area contributed by atoms with Gasteiger partial charge in [0.05, 0.1) is 13.7 Å². The van der Waals surface area contributed by atoms with Crippen LogP contribution in [0, 0.1) is 0 Å². The first-order valence-corrected chi connectivity index (χ1v) is 9.88. The van der Waals surface area contributed by atoms with Crippen LogP contribution in [0.5, 0.6) is 5.75 Å². The number of hydrogen-bond acceptors (Lipinski definition) is 5. The van der Waals surface area contributed by atoms with Gasteiger partial charge in [-0.2, -0.15) is 5.10 Å². The van der Waals surface area contributed by atoms with Gasteiger partial charge in [0.1, 0.15) is 11.6 Å². The highest BCUT2D eigenvalue weighted by Gasteiger charge is 2.19. The molecule has 2 N–H and O–H groups in total. The molecule has 0 bridgehead atoms. The van der Waals surface area contributed by atoms with Crippen molar-refractivity contribution in [3.8, 4) is 17.1 Å². The number of ether oxygens (including phenoxy) is 1. The van der Waals surface area contributed by atoms with Gasteiger partial charge in [-0.25, -0.2) is 4.98 Å². The Morgan fingerprint density at radius 3 is 2.60 bits per heavy atom. The smallest absolute Gasteiger partial charge is 0.251 e. The first kappa shape index (κ1) is 19.6. The predicted octanol–water partition coefficient (Wildman–Crippen LogP) is 2.93. The SMILES string of the molecule is COc1ccc(-c2n[nH]c(CNC(=O)c3ccc(N4CCCCC4=O)cc3)n2)cc1. The number of anilines is 1. The third kappa shape index (κ3) is 4.32. The number of hydrogen-bond donors (Lipinski definition) is 2. The maximum atomic E-state index is 12.4. The summed E-state index contributed by atoms with van der Waals surface area (Å²) in [6.07, 6.45) is 2.53. The Labute approximate surface area is 174 Å². The minimum Gasteiger partial charge on any atom is -0.497 e. The number of carbonyl (C=O) groups is 2. The highest BCUT2D eigenvalue weighted by atomic mass is 16.5. The molecule has 1 aliphatic rings. The Morgan fingerprint density at radius 1 is 1.13 bits per heavy atom. The van der Waals surface area contributed by atoms with Crippen molar-refractivity contribution in [2.24, 2.45) is 0 Å². The van der Waals surface area contributed by atoms with E-state index in [1.54, 1.807) is 24.1 Å². The lowest BCUT2D eigenvalue weighted by molar-refractivity contribution is -0.119. The van der Waals surface area contributed by atoms with E-state index in [0.29, 0.717) is 23.6 Å². The second-order valence-electron chi connectivity index (χ2n) is 7.07. The van der Waals surface area contributed by atoms with Gasteiger partial charge in [-0.1, -0.05) is 0 Å². The Balaban J connectivity index is 1.35. The van der Waals surface area contributed by atoms with Gasteiger partial charge in [0, 0.05) is 29.8 Å². The molecule has 2 aromatic carbocycles. The van der Waals surface area contributed by atoms with Crippen LogP contribution in [0.4, 0.5) is 5.69 Å². The zero-order valence-electron chi connectivity index (χ0n) is 16.7. The lowest BCUT2D eigenvalue weighted by atomic mass is 10.1. The molecule has 0 radical (unpaired) electrons. The zero-order chi connectivity index (χ0) is 20.9. The summed E-state index contributed by atoms with van der Waals surface area (Å²) in [4.78, 5) is 30.7. The number of benzene rings is 2. The molecule has 0 saturated carbocycles. The molecular weight excluding hydrogens is 382 g/mol. The molecule has 0 atom stereocenters. The van der Waals surface area contributed by atoms with E-state index in [-0.39, 0.29) is 18.4 Å². The molecule has 0 unspecified atom stereocenters. The van der Waals surface area contributed by atoms with Crippen molar-refractivity contribution in [1.82, 2.24) is 20.5 Å². The number of amides is 2. The fourth-order valence-corrected chi connectivity index (χ4v) is 3.38. The topological polar surface area (TPSA) is 100 Å². The van der Waals surface area contributed by atoms with E-state index in [4.69, 9.17) is 4.74 Å². The Hall–Kier alpha value is -3.68. The highest BCUT2D eigenvalue weighted by Crippen LogP contribution is 2.21. The molecule has 3 aromatic rings. The first-order chi connectivity index (χ1) is 14.6. The summed E-state index contributed by atoms with van der Waals surface area (Å²) in [7, 11) is 1.61. The number of aromatic nitrogens is 3. The minimum absolute atomic E-state index is 0.136. The largest absolute Gasteiger partial charge is 0.497 e. The number of aromatic amines is 1. The second kappa shape index (κ2) is 8.77. The van der Waals surface area contributed by atoms with Crippen LogP contribution in [0.15, 0.2) is 48.5 Å². The summed E-state index contributed by atoms with van der Waals surface area (Å²) in [5.41, 5.74) is 2.21. The summed E-state index contributed by atoms with van der Waals surface area (Å²) >= 11 is 0. The second-order valence-corrected chi connectivity index (χ2v) is 7.07. The molecule has 30 heavy (non-hydrogen) atoms.